The minimum absolute atomic E-state index is 0.295. The summed E-state index contributed by atoms with van der Waals surface area (Å²) in [6.45, 7) is 2.09. The summed E-state index contributed by atoms with van der Waals surface area (Å²) in [5.41, 5.74) is 2.81. The number of oxazole rings is 1. The minimum Gasteiger partial charge on any atom is -0.408 e. The molecule has 0 amide bonds. The van der Waals surface area contributed by atoms with Gasteiger partial charge in [-0.1, -0.05) is 6.07 Å². The Labute approximate surface area is 92.9 Å². The van der Waals surface area contributed by atoms with E-state index in [1.807, 2.05) is 12.1 Å². The van der Waals surface area contributed by atoms with E-state index in [9.17, 15) is 4.79 Å². The van der Waals surface area contributed by atoms with Crippen LogP contribution in [0, 0.1) is 0 Å². The quantitative estimate of drug-likeness (QED) is 0.782. The number of benzene rings is 1. The number of aromatic nitrogens is 1. The van der Waals surface area contributed by atoms with Gasteiger partial charge in [-0.2, -0.15) is 0 Å². The second-order valence-corrected chi connectivity index (χ2v) is 4.34. The largest absolute Gasteiger partial charge is 0.419 e. The maximum Gasteiger partial charge on any atom is 0.419 e. The SMILES string of the molecule is Cn1c(=O)oc2cc(C3CCNC3)ccc21. The summed E-state index contributed by atoms with van der Waals surface area (Å²) in [6, 6.07) is 6.05. The summed E-state index contributed by atoms with van der Waals surface area (Å²) < 4.78 is 6.72. The summed E-state index contributed by atoms with van der Waals surface area (Å²) in [6.07, 6.45) is 1.16. The van der Waals surface area contributed by atoms with Crippen molar-refractivity contribution in [3.63, 3.8) is 0 Å². The van der Waals surface area contributed by atoms with Crippen molar-refractivity contribution < 1.29 is 4.42 Å². The molecular weight excluding hydrogens is 204 g/mol. The third-order valence-corrected chi connectivity index (χ3v) is 3.35. The highest BCUT2D eigenvalue weighted by Gasteiger charge is 2.17. The van der Waals surface area contributed by atoms with Crippen LogP contribution in [0.2, 0.25) is 0 Å². The standard InChI is InChI=1S/C12H14N2O2/c1-14-10-3-2-8(9-4-5-13-7-9)6-11(10)16-12(14)15/h2-3,6,9,13H,4-5,7H2,1H3. The molecule has 0 saturated carbocycles. The van der Waals surface area contributed by atoms with Gasteiger partial charge in [-0.15, -0.1) is 0 Å². The predicted molar refractivity (Wildman–Crippen MR) is 61.7 cm³/mol. The number of nitrogens with zero attached hydrogens (tertiary/aromatic N) is 1. The lowest BCUT2D eigenvalue weighted by atomic mass is 9.98. The molecule has 2 heterocycles. The molecule has 0 spiro atoms. The molecule has 16 heavy (non-hydrogen) atoms. The van der Waals surface area contributed by atoms with Crippen LogP contribution in [0.15, 0.2) is 27.4 Å². The highest BCUT2D eigenvalue weighted by molar-refractivity contribution is 5.73. The predicted octanol–water partition coefficient (Wildman–Crippen LogP) is 1.21. The first-order chi connectivity index (χ1) is 7.75. The van der Waals surface area contributed by atoms with E-state index in [0.717, 1.165) is 25.0 Å². The van der Waals surface area contributed by atoms with E-state index in [0.29, 0.717) is 11.5 Å². The molecule has 1 saturated heterocycles. The molecule has 1 atom stereocenters. The molecule has 4 heteroatoms. The van der Waals surface area contributed by atoms with E-state index in [2.05, 4.69) is 11.4 Å². The van der Waals surface area contributed by atoms with Crippen LogP contribution in [0.4, 0.5) is 0 Å². The van der Waals surface area contributed by atoms with Gasteiger partial charge in [-0.25, -0.2) is 4.79 Å². The number of rotatable bonds is 1. The first kappa shape index (κ1) is 9.66. The Morgan fingerprint density at radius 3 is 3.12 bits per heavy atom. The molecule has 1 aromatic carbocycles. The van der Waals surface area contributed by atoms with Gasteiger partial charge in [0.15, 0.2) is 5.58 Å². The lowest BCUT2D eigenvalue weighted by Gasteiger charge is -2.07. The molecule has 1 unspecified atom stereocenters. The van der Waals surface area contributed by atoms with Crippen LogP contribution in [0.1, 0.15) is 17.9 Å². The third-order valence-electron chi connectivity index (χ3n) is 3.35. The van der Waals surface area contributed by atoms with Gasteiger partial charge in [0.05, 0.1) is 5.52 Å². The minimum atomic E-state index is -0.295. The highest BCUT2D eigenvalue weighted by atomic mass is 16.4. The Kier molecular flexibility index (Phi) is 2.11. The first-order valence-corrected chi connectivity index (χ1v) is 5.56. The van der Waals surface area contributed by atoms with Crippen LogP contribution in [-0.2, 0) is 7.05 Å². The van der Waals surface area contributed by atoms with Gasteiger partial charge < -0.3 is 9.73 Å². The smallest absolute Gasteiger partial charge is 0.408 e. The average Bonchev–Trinajstić information content (AvgIpc) is 2.88. The molecule has 1 aromatic heterocycles. The van der Waals surface area contributed by atoms with Crippen molar-refractivity contribution in [2.45, 2.75) is 12.3 Å². The summed E-state index contributed by atoms with van der Waals surface area (Å²) in [5.74, 6) is 0.256. The zero-order valence-corrected chi connectivity index (χ0v) is 9.19. The van der Waals surface area contributed by atoms with Gasteiger partial charge >= 0.3 is 5.76 Å². The van der Waals surface area contributed by atoms with Crippen molar-refractivity contribution in [2.24, 2.45) is 7.05 Å². The van der Waals surface area contributed by atoms with Crippen molar-refractivity contribution in [1.29, 1.82) is 0 Å². The molecule has 0 bridgehead atoms. The second kappa shape index (κ2) is 3.49. The molecule has 2 aromatic rings. The highest BCUT2D eigenvalue weighted by Crippen LogP contribution is 2.25. The van der Waals surface area contributed by atoms with E-state index >= 15 is 0 Å². The van der Waals surface area contributed by atoms with Gasteiger partial charge in [0.25, 0.3) is 0 Å². The molecule has 1 fully saturated rings. The Morgan fingerprint density at radius 2 is 2.38 bits per heavy atom. The topological polar surface area (TPSA) is 47.2 Å². The summed E-state index contributed by atoms with van der Waals surface area (Å²) in [4.78, 5) is 11.4. The Hall–Kier alpha value is -1.55. The summed E-state index contributed by atoms with van der Waals surface area (Å²) >= 11 is 0. The fourth-order valence-corrected chi connectivity index (χ4v) is 2.34. The zero-order chi connectivity index (χ0) is 11.1. The monoisotopic (exact) mass is 218 g/mol. The molecule has 3 rings (SSSR count). The van der Waals surface area contributed by atoms with Crippen molar-refractivity contribution in [2.75, 3.05) is 13.1 Å². The van der Waals surface area contributed by atoms with Crippen molar-refractivity contribution in [3.8, 4) is 0 Å². The average molecular weight is 218 g/mol. The van der Waals surface area contributed by atoms with Gasteiger partial charge in [-0.05, 0) is 36.6 Å². The number of aryl methyl sites for hydroxylation is 1. The van der Waals surface area contributed by atoms with Crippen LogP contribution in [0.25, 0.3) is 11.1 Å². The van der Waals surface area contributed by atoms with Crippen LogP contribution < -0.4 is 11.1 Å². The number of nitrogens with one attached hydrogen (secondary N) is 1. The third kappa shape index (κ3) is 1.38. The molecule has 1 aliphatic heterocycles. The van der Waals surface area contributed by atoms with Crippen LogP contribution in [-0.4, -0.2) is 17.7 Å². The van der Waals surface area contributed by atoms with E-state index in [4.69, 9.17) is 4.42 Å². The molecule has 1 N–H and O–H groups in total. The summed E-state index contributed by atoms with van der Waals surface area (Å²) in [7, 11) is 1.73. The number of fused-ring (bicyclic) bond motifs is 1. The van der Waals surface area contributed by atoms with E-state index < -0.39 is 0 Å². The molecule has 1 aliphatic rings. The van der Waals surface area contributed by atoms with Crippen molar-refractivity contribution in [3.05, 3.63) is 34.3 Å². The van der Waals surface area contributed by atoms with Crippen LogP contribution in [0.5, 0.6) is 0 Å². The maximum absolute atomic E-state index is 11.4. The van der Waals surface area contributed by atoms with Crippen molar-refractivity contribution in [1.82, 2.24) is 9.88 Å². The van der Waals surface area contributed by atoms with Gasteiger partial charge in [-0.3, -0.25) is 4.57 Å². The molecule has 4 nitrogen and oxygen atoms in total. The van der Waals surface area contributed by atoms with Crippen LogP contribution in [0.3, 0.4) is 0 Å². The Bertz CT molecular complexity index is 576. The van der Waals surface area contributed by atoms with E-state index in [1.165, 1.54) is 10.1 Å². The molecule has 0 aliphatic carbocycles. The normalized spacial score (nSPS) is 20.7. The van der Waals surface area contributed by atoms with E-state index in [1.54, 1.807) is 7.05 Å². The van der Waals surface area contributed by atoms with Gasteiger partial charge in [0, 0.05) is 13.6 Å². The fourth-order valence-electron chi connectivity index (χ4n) is 2.34. The Balaban J connectivity index is 2.12. The van der Waals surface area contributed by atoms with Gasteiger partial charge in [0.1, 0.15) is 0 Å². The van der Waals surface area contributed by atoms with Crippen LogP contribution >= 0.6 is 0 Å². The second-order valence-electron chi connectivity index (χ2n) is 4.34. The lowest BCUT2D eigenvalue weighted by Crippen LogP contribution is -2.08. The molecular formula is C12H14N2O2. The fraction of sp³-hybridized carbons (Fsp3) is 0.417. The maximum atomic E-state index is 11.4. The summed E-state index contributed by atoms with van der Waals surface area (Å²) in [5, 5.41) is 3.34. The molecule has 0 radical (unpaired) electrons. The van der Waals surface area contributed by atoms with Crippen molar-refractivity contribution >= 4 is 11.1 Å². The van der Waals surface area contributed by atoms with E-state index in [-0.39, 0.29) is 5.76 Å². The van der Waals surface area contributed by atoms with Gasteiger partial charge in [0.2, 0.25) is 0 Å². The zero-order valence-electron chi connectivity index (χ0n) is 9.19. The molecule has 84 valence electrons. The number of hydrogen-bond donors (Lipinski definition) is 1. The number of hydrogen-bond acceptors (Lipinski definition) is 3. The first-order valence-electron chi connectivity index (χ1n) is 5.56. The Morgan fingerprint density at radius 1 is 1.50 bits per heavy atom. The lowest BCUT2D eigenvalue weighted by molar-refractivity contribution is 0.527.